The molecule has 0 saturated carbocycles. The molecule has 2 aromatic rings. The Morgan fingerprint density at radius 3 is 2.67 bits per heavy atom. The third-order valence-corrected chi connectivity index (χ3v) is 3.39. The average Bonchev–Trinajstić information content (AvgIpc) is 2.75. The molecule has 18 heavy (non-hydrogen) atoms. The summed E-state index contributed by atoms with van der Waals surface area (Å²) < 4.78 is 0. The summed E-state index contributed by atoms with van der Waals surface area (Å²) >= 11 is 1.40. The Balaban J connectivity index is 1.94. The number of carbonyl (C=O) groups is 1. The Kier molecular flexibility index (Phi) is 3.94. The molecule has 0 aliphatic heterocycles. The lowest BCUT2D eigenvalue weighted by molar-refractivity contribution is -0.115. The number of thiazole rings is 1. The fraction of sp³-hybridized carbons (Fsp3) is 0.231. The highest BCUT2D eigenvalue weighted by Crippen LogP contribution is 2.14. The van der Waals surface area contributed by atoms with Crippen molar-refractivity contribution in [3.8, 4) is 0 Å². The minimum atomic E-state index is -0.0754. The minimum Gasteiger partial charge on any atom is -0.383 e. The van der Waals surface area contributed by atoms with Gasteiger partial charge in [-0.3, -0.25) is 4.79 Å². The average molecular weight is 261 g/mol. The van der Waals surface area contributed by atoms with Crippen molar-refractivity contribution in [2.75, 3.05) is 11.1 Å². The number of hydrogen-bond donors (Lipinski definition) is 2. The highest BCUT2D eigenvalue weighted by atomic mass is 32.1. The largest absolute Gasteiger partial charge is 0.383 e. The van der Waals surface area contributed by atoms with E-state index in [1.165, 1.54) is 16.9 Å². The van der Waals surface area contributed by atoms with Crippen molar-refractivity contribution in [2.45, 2.75) is 19.8 Å². The van der Waals surface area contributed by atoms with Crippen LogP contribution in [0.1, 0.15) is 17.5 Å². The van der Waals surface area contributed by atoms with Crippen LogP contribution in [0.25, 0.3) is 0 Å². The van der Waals surface area contributed by atoms with E-state index >= 15 is 0 Å². The minimum absolute atomic E-state index is 0.0754. The van der Waals surface area contributed by atoms with E-state index in [1.54, 1.807) is 5.38 Å². The Morgan fingerprint density at radius 2 is 2.11 bits per heavy atom. The van der Waals surface area contributed by atoms with Crippen molar-refractivity contribution in [3.63, 3.8) is 0 Å². The molecular formula is C13H15N3OS. The third-order valence-electron chi connectivity index (χ3n) is 2.53. The summed E-state index contributed by atoms with van der Waals surface area (Å²) in [5.74, 6) is 0.392. The molecule has 0 unspecified atom stereocenters. The summed E-state index contributed by atoms with van der Waals surface area (Å²) in [5.41, 5.74) is 7.56. The molecule has 1 amide bonds. The summed E-state index contributed by atoms with van der Waals surface area (Å²) in [6.07, 6.45) is 1.25. The van der Waals surface area contributed by atoms with Gasteiger partial charge < -0.3 is 11.1 Å². The molecule has 0 spiro atoms. The monoisotopic (exact) mass is 261 g/mol. The maximum absolute atomic E-state index is 11.8. The van der Waals surface area contributed by atoms with Gasteiger partial charge in [0.05, 0.1) is 6.42 Å². The molecule has 0 saturated heterocycles. The zero-order chi connectivity index (χ0) is 13.0. The number of aryl methyl sites for hydroxylation is 1. The fourth-order valence-electron chi connectivity index (χ4n) is 1.57. The van der Waals surface area contributed by atoms with Crippen molar-refractivity contribution in [1.82, 2.24) is 4.98 Å². The van der Waals surface area contributed by atoms with Crippen LogP contribution in [0, 0.1) is 0 Å². The SMILES string of the molecule is CCc1ccc(NC(=O)Cc2nc(N)cs2)cc1. The van der Waals surface area contributed by atoms with Crippen LogP contribution in [-0.2, 0) is 17.6 Å². The van der Waals surface area contributed by atoms with Gasteiger partial charge in [0, 0.05) is 11.1 Å². The van der Waals surface area contributed by atoms with Gasteiger partial charge in [-0.25, -0.2) is 4.98 Å². The van der Waals surface area contributed by atoms with E-state index in [0.29, 0.717) is 5.82 Å². The first-order valence-corrected chi connectivity index (χ1v) is 6.64. The summed E-state index contributed by atoms with van der Waals surface area (Å²) in [6, 6.07) is 7.84. The summed E-state index contributed by atoms with van der Waals surface area (Å²) in [6.45, 7) is 2.10. The Labute approximate surface area is 110 Å². The second kappa shape index (κ2) is 5.64. The first kappa shape index (κ1) is 12.6. The molecule has 5 heteroatoms. The maximum atomic E-state index is 11.8. The van der Waals surface area contributed by atoms with E-state index in [9.17, 15) is 4.79 Å². The molecule has 0 bridgehead atoms. The van der Waals surface area contributed by atoms with Gasteiger partial charge in [-0.1, -0.05) is 19.1 Å². The molecule has 1 heterocycles. The Hall–Kier alpha value is -1.88. The van der Waals surface area contributed by atoms with Crippen molar-refractivity contribution in [3.05, 3.63) is 40.2 Å². The molecule has 0 radical (unpaired) electrons. The molecule has 0 fully saturated rings. The quantitative estimate of drug-likeness (QED) is 0.888. The number of aromatic nitrogens is 1. The second-order valence-electron chi connectivity index (χ2n) is 3.94. The van der Waals surface area contributed by atoms with Gasteiger partial charge in [-0.15, -0.1) is 11.3 Å². The highest BCUT2D eigenvalue weighted by Gasteiger charge is 2.07. The van der Waals surface area contributed by atoms with E-state index in [0.717, 1.165) is 17.1 Å². The van der Waals surface area contributed by atoms with Crippen molar-refractivity contribution >= 4 is 28.7 Å². The summed E-state index contributed by atoms with van der Waals surface area (Å²) in [4.78, 5) is 15.8. The van der Waals surface area contributed by atoms with Crippen LogP contribution in [-0.4, -0.2) is 10.9 Å². The highest BCUT2D eigenvalue weighted by molar-refractivity contribution is 7.10. The maximum Gasteiger partial charge on any atom is 0.231 e. The number of nitrogen functional groups attached to an aromatic ring is 1. The molecule has 3 N–H and O–H groups in total. The summed E-state index contributed by atoms with van der Waals surface area (Å²) in [5, 5.41) is 5.30. The van der Waals surface area contributed by atoms with E-state index in [-0.39, 0.29) is 12.3 Å². The molecule has 1 aromatic carbocycles. The van der Waals surface area contributed by atoms with E-state index in [4.69, 9.17) is 5.73 Å². The topological polar surface area (TPSA) is 68.0 Å². The van der Waals surface area contributed by atoms with Gasteiger partial charge in [-0.05, 0) is 24.1 Å². The number of carbonyl (C=O) groups excluding carboxylic acids is 1. The number of anilines is 2. The van der Waals surface area contributed by atoms with Crippen molar-refractivity contribution in [1.29, 1.82) is 0 Å². The predicted molar refractivity (Wildman–Crippen MR) is 74.7 cm³/mol. The van der Waals surface area contributed by atoms with Crippen LogP contribution in [0.3, 0.4) is 0 Å². The smallest absolute Gasteiger partial charge is 0.231 e. The molecule has 0 atom stereocenters. The first-order chi connectivity index (χ1) is 8.67. The van der Waals surface area contributed by atoms with Gasteiger partial charge in [0.25, 0.3) is 0 Å². The first-order valence-electron chi connectivity index (χ1n) is 5.76. The number of amides is 1. The normalized spacial score (nSPS) is 10.3. The van der Waals surface area contributed by atoms with Crippen LogP contribution < -0.4 is 11.1 Å². The van der Waals surface area contributed by atoms with E-state index in [2.05, 4.69) is 17.2 Å². The van der Waals surface area contributed by atoms with Crippen molar-refractivity contribution in [2.24, 2.45) is 0 Å². The molecule has 1 aromatic heterocycles. The zero-order valence-corrected chi connectivity index (χ0v) is 11.0. The van der Waals surface area contributed by atoms with Crippen LogP contribution in [0.15, 0.2) is 29.6 Å². The number of nitrogens with two attached hydrogens (primary N) is 1. The van der Waals surface area contributed by atoms with E-state index in [1.807, 2.05) is 24.3 Å². The standard InChI is InChI=1S/C13H15N3OS/c1-2-9-3-5-10(6-4-9)15-12(17)7-13-16-11(14)8-18-13/h3-6,8H,2,7,14H2,1H3,(H,15,17). The molecule has 0 aliphatic rings. The van der Waals surface area contributed by atoms with Gasteiger partial charge >= 0.3 is 0 Å². The van der Waals surface area contributed by atoms with Crippen LogP contribution >= 0.6 is 11.3 Å². The summed E-state index contributed by atoms with van der Waals surface area (Å²) in [7, 11) is 0. The third kappa shape index (κ3) is 3.30. The van der Waals surface area contributed by atoms with Gasteiger partial charge in [-0.2, -0.15) is 0 Å². The van der Waals surface area contributed by atoms with Crippen LogP contribution in [0.4, 0.5) is 11.5 Å². The van der Waals surface area contributed by atoms with Crippen LogP contribution in [0.5, 0.6) is 0 Å². The lowest BCUT2D eigenvalue weighted by atomic mass is 10.1. The molecule has 4 nitrogen and oxygen atoms in total. The van der Waals surface area contributed by atoms with E-state index < -0.39 is 0 Å². The Bertz CT molecular complexity index is 533. The van der Waals surface area contributed by atoms with Crippen LogP contribution in [0.2, 0.25) is 0 Å². The molecular weight excluding hydrogens is 246 g/mol. The lowest BCUT2D eigenvalue weighted by Gasteiger charge is -2.04. The van der Waals surface area contributed by atoms with Gasteiger partial charge in [0.1, 0.15) is 10.8 Å². The number of nitrogens with zero attached hydrogens (tertiary/aromatic N) is 1. The number of nitrogens with one attached hydrogen (secondary N) is 1. The van der Waals surface area contributed by atoms with Gasteiger partial charge in [0.2, 0.25) is 5.91 Å². The van der Waals surface area contributed by atoms with Crippen molar-refractivity contribution < 1.29 is 4.79 Å². The number of rotatable bonds is 4. The molecule has 0 aliphatic carbocycles. The van der Waals surface area contributed by atoms with Gasteiger partial charge in [0.15, 0.2) is 0 Å². The predicted octanol–water partition coefficient (Wildman–Crippen LogP) is 2.47. The zero-order valence-electron chi connectivity index (χ0n) is 10.1. The fourth-order valence-corrected chi connectivity index (χ4v) is 2.25. The molecule has 94 valence electrons. The number of benzene rings is 1. The Morgan fingerprint density at radius 1 is 1.39 bits per heavy atom. The lowest BCUT2D eigenvalue weighted by Crippen LogP contribution is -2.14. The number of hydrogen-bond acceptors (Lipinski definition) is 4. The second-order valence-corrected chi connectivity index (χ2v) is 4.88. The molecule has 2 rings (SSSR count).